The molecule has 1 aliphatic carbocycles. The van der Waals surface area contributed by atoms with Crippen LogP contribution in [0.15, 0.2) is 0 Å². The maximum Gasteiger partial charge on any atom is 0.305 e. The molecule has 3 N–H and O–H groups in total. The number of ether oxygens (including phenoxy) is 1. The quantitative estimate of drug-likeness (QED) is 0.207. The maximum atomic E-state index is 12.3. The number of alkyl halides is 1. The Morgan fingerprint density at radius 3 is 1.97 bits per heavy atom. The molecule has 6 nitrogen and oxygen atoms in total. The highest BCUT2D eigenvalue weighted by molar-refractivity contribution is 6.27. The third kappa shape index (κ3) is 9.11. The maximum absolute atomic E-state index is 12.3. The molecule has 1 rings (SSSR count). The van der Waals surface area contributed by atoms with Gasteiger partial charge in [-0.2, -0.15) is 0 Å². The largest absolute Gasteiger partial charge is 0.481 e. The van der Waals surface area contributed by atoms with Crippen LogP contribution in [-0.2, 0) is 14.3 Å². The molecule has 30 heavy (non-hydrogen) atoms. The van der Waals surface area contributed by atoms with Gasteiger partial charge in [0.2, 0.25) is 5.91 Å². The number of hydrogen-bond acceptors (Lipinski definition) is 4. The number of halogens is 1. The molecular weight excluding hydrogens is 406 g/mol. The Balaban J connectivity index is 2.21. The van der Waals surface area contributed by atoms with Crippen LogP contribution in [-0.4, -0.2) is 51.8 Å². The monoisotopic (exact) mass is 447 g/mol. The van der Waals surface area contributed by atoms with Gasteiger partial charge >= 0.3 is 5.97 Å². The number of carboxylic acid groups (broad SMARTS) is 1. The number of aliphatic hydroxyl groups excluding tert-OH is 1. The second-order valence-electron chi connectivity index (χ2n) is 8.61. The fourth-order valence-corrected chi connectivity index (χ4v) is 4.55. The minimum Gasteiger partial charge on any atom is -0.481 e. The van der Waals surface area contributed by atoms with Crippen LogP contribution in [0.3, 0.4) is 0 Å². The number of rotatable bonds is 18. The SMILES string of the molecule is CCCCCCCCCCCCCC(=O)N[C@@H]1[C@H](O)[C@](Cl)(CC(=O)O)[C@H]1OCCC. The lowest BCUT2D eigenvalue weighted by atomic mass is 9.70. The Morgan fingerprint density at radius 1 is 0.933 bits per heavy atom. The van der Waals surface area contributed by atoms with Crippen LogP contribution in [0.2, 0.25) is 0 Å². The van der Waals surface area contributed by atoms with Crippen LogP contribution >= 0.6 is 11.6 Å². The topological polar surface area (TPSA) is 95.9 Å². The van der Waals surface area contributed by atoms with Gasteiger partial charge in [0.25, 0.3) is 0 Å². The number of nitrogens with one attached hydrogen (secondary N) is 1. The van der Waals surface area contributed by atoms with Crippen LogP contribution in [0.4, 0.5) is 0 Å². The first-order valence-electron chi connectivity index (χ1n) is 11.9. The van der Waals surface area contributed by atoms with Crippen LogP contribution in [0, 0.1) is 0 Å². The average Bonchev–Trinajstić information content (AvgIpc) is 2.70. The number of carbonyl (C=O) groups is 2. The van der Waals surface area contributed by atoms with Crippen molar-refractivity contribution < 1.29 is 24.5 Å². The molecule has 0 aromatic carbocycles. The molecule has 0 aliphatic heterocycles. The van der Waals surface area contributed by atoms with Crippen LogP contribution in [0.5, 0.6) is 0 Å². The summed E-state index contributed by atoms with van der Waals surface area (Å²) in [4.78, 5) is 22.0. The van der Waals surface area contributed by atoms with Crippen molar-refractivity contribution in [3.63, 3.8) is 0 Å². The number of carbonyl (C=O) groups excluding carboxylic acids is 1. The Morgan fingerprint density at radius 2 is 1.47 bits per heavy atom. The van der Waals surface area contributed by atoms with E-state index in [4.69, 9.17) is 21.4 Å². The van der Waals surface area contributed by atoms with Crippen molar-refractivity contribution in [2.75, 3.05) is 6.61 Å². The second-order valence-corrected chi connectivity index (χ2v) is 9.32. The summed E-state index contributed by atoms with van der Waals surface area (Å²) in [6.07, 6.45) is 12.3. The van der Waals surface area contributed by atoms with Crippen LogP contribution < -0.4 is 5.32 Å². The van der Waals surface area contributed by atoms with Crippen LogP contribution in [0.25, 0.3) is 0 Å². The summed E-state index contributed by atoms with van der Waals surface area (Å²) >= 11 is 6.35. The number of unbranched alkanes of at least 4 members (excludes halogenated alkanes) is 10. The Bertz CT molecular complexity index is 504. The number of hydrogen-bond donors (Lipinski definition) is 3. The minimum atomic E-state index is -1.39. The standard InChI is InChI=1S/C23H42ClNO5/c1-3-5-6-7-8-9-10-11-12-13-14-15-18(26)25-20-21(29)23(24,17-19(27)28)22(20)30-16-4-2/h20-22,29H,3-17H2,1-2H3,(H,25,26)(H,27,28)/t20-,21+,22+,23-/m1/s1. The van der Waals surface area contributed by atoms with Crippen LogP contribution in [0.1, 0.15) is 104 Å². The highest BCUT2D eigenvalue weighted by Crippen LogP contribution is 2.44. The van der Waals surface area contributed by atoms with Gasteiger partial charge in [-0.05, 0) is 12.8 Å². The van der Waals surface area contributed by atoms with Crippen molar-refractivity contribution in [1.82, 2.24) is 5.32 Å². The van der Waals surface area contributed by atoms with E-state index in [1.165, 1.54) is 51.4 Å². The molecule has 0 aromatic rings. The summed E-state index contributed by atoms with van der Waals surface area (Å²) in [5.74, 6) is -1.24. The average molecular weight is 448 g/mol. The fraction of sp³-hybridized carbons (Fsp3) is 0.913. The van der Waals surface area contributed by atoms with Crippen molar-refractivity contribution in [3.05, 3.63) is 0 Å². The fourth-order valence-electron chi connectivity index (χ4n) is 4.10. The summed E-state index contributed by atoms with van der Waals surface area (Å²) in [5, 5.41) is 22.2. The van der Waals surface area contributed by atoms with Gasteiger partial charge in [-0.25, -0.2) is 0 Å². The van der Waals surface area contributed by atoms with E-state index in [1.807, 2.05) is 6.92 Å². The number of aliphatic hydroxyl groups is 1. The van der Waals surface area contributed by atoms with Gasteiger partial charge in [-0.3, -0.25) is 9.59 Å². The Hall–Kier alpha value is -0.850. The van der Waals surface area contributed by atoms with Crippen molar-refractivity contribution in [3.8, 4) is 0 Å². The molecule has 1 amide bonds. The van der Waals surface area contributed by atoms with Gasteiger partial charge in [0.1, 0.15) is 11.0 Å². The van der Waals surface area contributed by atoms with E-state index >= 15 is 0 Å². The highest BCUT2D eigenvalue weighted by Gasteiger charge is 2.63. The molecule has 1 aliphatic rings. The predicted molar refractivity (Wildman–Crippen MR) is 120 cm³/mol. The number of aliphatic carboxylic acids is 1. The van der Waals surface area contributed by atoms with E-state index in [1.54, 1.807) is 0 Å². The summed E-state index contributed by atoms with van der Waals surface area (Å²) in [6.45, 7) is 4.57. The van der Waals surface area contributed by atoms with Gasteiger partial charge in [0.05, 0.1) is 18.6 Å². The normalized spacial score (nSPS) is 25.7. The number of amides is 1. The molecular formula is C23H42ClNO5. The molecule has 4 atom stereocenters. The molecule has 1 fully saturated rings. The first kappa shape index (κ1) is 27.2. The van der Waals surface area contributed by atoms with E-state index in [2.05, 4.69) is 12.2 Å². The minimum absolute atomic E-state index is 0.144. The molecule has 0 radical (unpaired) electrons. The summed E-state index contributed by atoms with van der Waals surface area (Å²) in [6, 6.07) is -0.659. The summed E-state index contributed by atoms with van der Waals surface area (Å²) in [5.41, 5.74) is 0. The van der Waals surface area contributed by atoms with Gasteiger partial charge in [-0.15, -0.1) is 11.6 Å². The van der Waals surface area contributed by atoms with Crippen molar-refractivity contribution in [2.45, 2.75) is 127 Å². The van der Waals surface area contributed by atoms with Crippen molar-refractivity contribution >= 4 is 23.5 Å². The zero-order valence-corrected chi connectivity index (χ0v) is 19.6. The zero-order valence-electron chi connectivity index (χ0n) is 18.8. The lowest BCUT2D eigenvalue weighted by molar-refractivity contribution is -0.162. The number of carboxylic acids is 1. The lowest BCUT2D eigenvalue weighted by Gasteiger charge is -2.54. The van der Waals surface area contributed by atoms with Crippen molar-refractivity contribution in [1.29, 1.82) is 0 Å². The molecule has 0 saturated heterocycles. The van der Waals surface area contributed by atoms with E-state index < -0.39 is 35.5 Å². The smallest absolute Gasteiger partial charge is 0.305 e. The molecule has 0 heterocycles. The highest BCUT2D eigenvalue weighted by atomic mass is 35.5. The van der Waals surface area contributed by atoms with Crippen molar-refractivity contribution in [2.24, 2.45) is 0 Å². The molecule has 7 heteroatoms. The Labute approximate surface area is 187 Å². The van der Waals surface area contributed by atoms with E-state index in [0.717, 1.165) is 25.7 Å². The van der Waals surface area contributed by atoms with E-state index in [0.29, 0.717) is 13.0 Å². The third-order valence-electron chi connectivity index (χ3n) is 5.89. The molecule has 1 saturated carbocycles. The molecule has 176 valence electrons. The molecule has 0 bridgehead atoms. The summed E-state index contributed by atoms with van der Waals surface area (Å²) in [7, 11) is 0. The molecule has 0 aromatic heterocycles. The second kappa shape index (κ2) is 15.0. The first-order valence-corrected chi connectivity index (χ1v) is 12.2. The first-order chi connectivity index (χ1) is 14.4. The van der Waals surface area contributed by atoms with Gasteiger partial charge in [-0.1, -0.05) is 78.1 Å². The van der Waals surface area contributed by atoms with Gasteiger partial charge in [0.15, 0.2) is 0 Å². The van der Waals surface area contributed by atoms with E-state index in [-0.39, 0.29) is 5.91 Å². The molecule has 0 spiro atoms. The summed E-state index contributed by atoms with van der Waals surface area (Å²) < 4.78 is 5.67. The molecule has 0 unspecified atom stereocenters. The lowest BCUT2D eigenvalue weighted by Crippen LogP contribution is -2.76. The predicted octanol–water partition coefficient (Wildman–Crippen LogP) is 4.79. The van der Waals surface area contributed by atoms with Gasteiger partial charge in [0, 0.05) is 13.0 Å². The van der Waals surface area contributed by atoms with E-state index in [9.17, 15) is 14.7 Å². The Kier molecular flexibility index (Phi) is 13.6. The zero-order chi connectivity index (χ0) is 22.4. The third-order valence-corrected chi connectivity index (χ3v) is 6.46. The van der Waals surface area contributed by atoms with Gasteiger partial charge < -0.3 is 20.3 Å².